The van der Waals surface area contributed by atoms with Crippen molar-refractivity contribution in [2.75, 3.05) is 11.5 Å². The van der Waals surface area contributed by atoms with Crippen LogP contribution >= 0.6 is 34.3 Å². The molecule has 2 aromatic heterocycles. The molecule has 0 spiro atoms. The number of ether oxygens (including phenoxy) is 1. The van der Waals surface area contributed by atoms with Crippen LogP contribution in [0.25, 0.3) is 0 Å². The van der Waals surface area contributed by atoms with Crippen LogP contribution in [0, 0.1) is 20.8 Å². The van der Waals surface area contributed by atoms with E-state index in [1.54, 1.807) is 52.0 Å². The number of hydrogen-bond donors (Lipinski definition) is 1. The quantitative estimate of drug-likeness (QED) is 0.356. The summed E-state index contributed by atoms with van der Waals surface area (Å²) in [6, 6.07) is 5.65. The van der Waals surface area contributed by atoms with Crippen molar-refractivity contribution in [1.82, 2.24) is 9.97 Å². The van der Waals surface area contributed by atoms with Crippen LogP contribution in [0.1, 0.15) is 54.3 Å². The van der Waals surface area contributed by atoms with E-state index in [2.05, 4.69) is 9.97 Å². The third-order valence-electron chi connectivity index (χ3n) is 5.20. The van der Waals surface area contributed by atoms with Crippen molar-refractivity contribution in [2.24, 2.45) is 0 Å². The summed E-state index contributed by atoms with van der Waals surface area (Å²) < 4.78 is 5.08. The maximum absolute atomic E-state index is 13.6. The Morgan fingerprint density at radius 3 is 2.32 bits per heavy atom. The third kappa shape index (κ3) is 4.13. The molecular formula is C23H20ClN3O5S2. The molecule has 1 aliphatic rings. The van der Waals surface area contributed by atoms with E-state index in [9.17, 15) is 19.5 Å². The van der Waals surface area contributed by atoms with Gasteiger partial charge in [0.25, 0.3) is 5.91 Å². The Labute approximate surface area is 208 Å². The summed E-state index contributed by atoms with van der Waals surface area (Å²) in [5, 5.41) is 12.2. The molecule has 0 fully saturated rings. The predicted octanol–water partition coefficient (Wildman–Crippen LogP) is 5.14. The fourth-order valence-electron chi connectivity index (χ4n) is 3.73. The smallest absolute Gasteiger partial charge is 0.350 e. The third-order valence-corrected chi connectivity index (χ3v) is 7.66. The molecule has 1 aliphatic heterocycles. The van der Waals surface area contributed by atoms with E-state index < -0.39 is 29.5 Å². The van der Waals surface area contributed by atoms with Gasteiger partial charge in [-0.1, -0.05) is 35.1 Å². The van der Waals surface area contributed by atoms with E-state index in [-0.39, 0.29) is 22.2 Å². The number of Topliss-reactive ketones (excluding diaryl/α,β-unsaturated/α-hetero) is 1. The van der Waals surface area contributed by atoms with Crippen molar-refractivity contribution in [3.63, 3.8) is 0 Å². The molecule has 1 aromatic carbocycles. The molecule has 0 aliphatic carbocycles. The number of rotatable bonds is 6. The Kier molecular flexibility index (Phi) is 6.57. The van der Waals surface area contributed by atoms with E-state index in [1.165, 1.54) is 16.2 Å². The predicted molar refractivity (Wildman–Crippen MR) is 130 cm³/mol. The van der Waals surface area contributed by atoms with Crippen molar-refractivity contribution in [3.05, 3.63) is 72.3 Å². The summed E-state index contributed by atoms with van der Waals surface area (Å²) in [7, 11) is 0. The monoisotopic (exact) mass is 517 g/mol. The van der Waals surface area contributed by atoms with Gasteiger partial charge < -0.3 is 9.84 Å². The summed E-state index contributed by atoms with van der Waals surface area (Å²) in [5.41, 5.74) is 1.37. The number of halogens is 1. The van der Waals surface area contributed by atoms with Crippen LogP contribution in [0.3, 0.4) is 0 Å². The molecule has 0 bridgehead atoms. The number of ketones is 1. The van der Waals surface area contributed by atoms with Gasteiger partial charge in [-0.05, 0) is 45.4 Å². The molecule has 1 amide bonds. The highest BCUT2D eigenvalue weighted by molar-refractivity contribution is 7.17. The lowest BCUT2D eigenvalue weighted by molar-refractivity contribution is -0.117. The summed E-state index contributed by atoms with van der Waals surface area (Å²) in [4.78, 5) is 49.7. The van der Waals surface area contributed by atoms with Gasteiger partial charge in [0.2, 0.25) is 5.78 Å². The van der Waals surface area contributed by atoms with E-state index in [0.717, 1.165) is 11.3 Å². The Morgan fingerprint density at radius 1 is 1.09 bits per heavy atom. The van der Waals surface area contributed by atoms with Crippen LogP contribution in [0.2, 0.25) is 5.02 Å². The highest BCUT2D eigenvalue weighted by atomic mass is 35.5. The molecule has 3 aromatic rings. The van der Waals surface area contributed by atoms with Crippen molar-refractivity contribution in [3.8, 4) is 0 Å². The minimum absolute atomic E-state index is 0.0791. The number of hydrogen-bond acceptors (Lipinski definition) is 9. The molecule has 8 nitrogen and oxygen atoms in total. The van der Waals surface area contributed by atoms with Crippen LogP contribution in [0.15, 0.2) is 35.6 Å². The molecule has 1 N–H and O–H groups in total. The summed E-state index contributed by atoms with van der Waals surface area (Å²) >= 11 is 8.22. The van der Waals surface area contributed by atoms with Crippen molar-refractivity contribution < 1.29 is 24.2 Å². The zero-order valence-electron chi connectivity index (χ0n) is 18.7. The molecule has 11 heteroatoms. The van der Waals surface area contributed by atoms with Crippen LogP contribution in [0.5, 0.6) is 0 Å². The summed E-state index contributed by atoms with van der Waals surface area (Å²) in [6.45, 7) is 7.00. The number of anilines is 1. The first-order valence-electron chi connectivity index (χ1n) is 10.3. The SMILES string of the molecule is CCOC(=O)c1sc(N2C(=O)C(O)=C(C(=O)c3sc(C)nc3C)C2c2ccc(Cl)cc2)nc1C. The zero-order chi connectivity index (χ0) is 24.7. The van der Waals surface area contributed by atoms with Gasteiger partial charge in [-0.15, -0.1) is 11.3 Å². The molecule has 0 saturated heterocycles. The molecule has 4 rings (SSSR count). The van der Waals surface area contributed by atoms with Crippen LogP contribution in [-0.2, 0) is 9.53 Å². The molecule has 34 heavy (non-hydrogen) atoms. The van der Waals surface area contributed by atoms with E-state index in [0.29, 0.717) is 31.9 Å². The Hall–Kier alpha value is -3.08. The average Bonchev–Trinajstić information content (AvgIpc) is 3.42. The lowest BCUT2D eigenvalue weighted by Gasteiger charge is -2.24. The molecule has 176 valence electrons. The van der Waals surface area contributed by atoms with Crippen LogP contribution in [-0.4, -0.2) is 39.3 Å². The van der Waals surface area contributed by atoms with E-state index in [4.69, 9.17) is 16.3 Å². The lowest BCUT2D eigenvalue weighted by Crippen LogP contribution is -2.31. The van der Waals surface area contributed by atoms with Gasteiger partial charge >= 0.3 is 5.97 Å². The summed E-state index contributed by atoms with van der Waals surface area (Å²) in [5.74, 6) is -2.50. The zero-order valence-corrected chi connectivity index (χ0v) is 21.1. The van der Waals surface area contributed by atoms with Crippen molar-refractivity contribution in [2.45, 2.75) is 33.7 Å². The Bertz CT molecular complexity index is 1340. The molecule has 3 heterocycles. The Morgan fingerprint density at radius 2 is 1.74 bits per heavy atom. The maximum atomic E-state index is 13.6. The molecule has 1 unspecified atom stereocenters. The second-order valence-electron chi connectivity index (χ2n) is 7.50. The van der Waals surface area contributed by atoms with Gasteiger partial charge in [-0.2, -0.15) is 0 Å². The number of thiazole rings is 2. The molecule has 1 atom stereocenters. The second-order valence-corrected chi connectivity index (χ2v) is 10.1. The first kappa shape index (κ1) is 24.1. The molecular weight excluding hydrogens is 498 g/mol. The highest BCUT2D eigenvalue weighted by Crippen LogP contribution is 2.44. The molecule has 0 radical (unpaired) electrons. The second kappa shape index (κ2) is 9.28. The minimum atomic E-state index is -0.973. The first-order chi connectivity index (χ1) is 16.1. The topological polar surface area (TPSA) is 110 Å². The number of nitrogens with zero attached hydrogens (tertiary/aromatic N) is 3. The van der Waals surface area contributed by atoms with Crippen LogP contribution in [0.4, 0.5) is 5.13 Å². The van der Waals surface area contributed by atoms with Gasteiger partial charge in [-0.25, -0.2) is 14.8 Å². The lowest BCUT2D eigenvalue weighted by atomic mass is 9.95. The fourth-order valence-corrected chi connectivity index (χ4v) is 5.72. The largest absolute Gasteiger partial charge is 0.503 e. The fraction of sp³-hybridized carbons (Fsp3) is 0.261. The average molecular weight is 518 g/mol. The number of aliphatic hydroxyl groups excluding tert-OH is 1. The van der Waals surface area contributed by atoms with Gasteiger partial charge in [0.15, 0.2) is 10.9 Å². The van der Waals surface area contributed by atoms with E-state index in [1.807, 2.05) is 0 Å². The number of aryl methyl sites for hydroxylation is 3. The standard InChI is InChI=1S/C23H20ClN3O5S2/c1-5-32-22(31)20-11(3)26-23(34-20)27-16(13-6-8-14(24)9-7-13)15(18(29)21(27)30)17(28)19-10(2)25-12(4)33-19/h6-9,16,29H,5H2,1-4H3. The Balaban J connectivity index is 1.86. The number of carbonyl (C=O) groups is 3. The number of amides is 1. The van der Waals surface area contributed by atoms with E-state index >= 15 is 0 Å². The number of benzene rings is 1. The first-order valence-corrected chi connectivity index (χ1v) is 12.3. The van der Waals surface area contributed by atoms with Gasteiger partial charge in [-0.3, -0.25) is 14.5 Å². The maximum Gasteiger partial charge on any atom is 0.350 e. The van der Waals surface area contributed by atoms with Gasteiger partial charge in [0.1, 0.15) is 4.88 Å². The van der Waals surface area contributed by atoms with Crippen molar-refractivity contribution in [1.29, 1.82) is 0 Å². The van der Waals surface area contributed by atoms with Crippen LogP contribution < -0.4 is 4.90 Å². The number of esters is 1. The minimum Gasteiger partial charge on any atom is -0.503 e. The summed E-state index contributed by atoms with van der Waals surface area (Å²) in [6.07, 6.45) is 0. The normalized spacial score (nSPS) is 15.9. The number of carbonyl (C=O) groups excluding carboxylic acids is 3. The van der Waals surface area contributed by atoms with Gasteiger partial charge in [0, 0.05) is 5.02 Å². The number of aliphatic hydroxyl groups is 1. The highest BCUT2D eigenvalue weighted by Gasteiger charge is 2.46. The van der Waals surface area contributed by atoms with Gasteiger partial charge in [0.05, 0.1) is 39.5 Å². The molecule has 0 saturated carbocycles. The van der Waals surface area contributed by atoms with Crippen molar-refractivity contribution >= 4 is 57.1 Å². The number of aromatic nitrogens is 2.